The van der Waals surface area contributed by atoms with Crippen LogP contribution in [0.15, 0.2) is 18.2 Å². The van der Waals surface area contributed by atoms with Crippen LogP contribution in [0.25, 0.3) is 0 Å². The van der Waals surface area contributed by atoms with Crippen molar-refractivity contribution in [2.24, 2.45) is 0 Å². The smallest absolute Gasteiger partial charge is 0.323 e. The molecule has 0 atom stereocenters. The molecular formula is C14H18N2O5. The average Bonchev–Trinajstić information content (AvgIpc) is 3.18. The fourth-order valence-electron chi connectivity index (χ4n) is 2.14. The Bertz CT molecular complexity index is 554. The van der Waals surface area contributed by atoms with Crippen LogP contribution < -0.4 is 9.64 Å². The zero-order valence-corrected chi connectivity index (χ0v) is 12.0. The maximum atomic E-state index is 11.0. The van der Waals surface area contributed by atoms with Crippen molar-refractivity contribution in [1.29, 1.82) is 0 Å². The lowest BCUT2D eigenvalue weighted by Gasteiger charge is -2.23. The number of hydrogen-bond donors (Lipinski definition) is 1. The van der Waals surface area contributed by atoms with E-state index in [2.05, 4.69) is 0 Å². The highest BCUT2D eigenvalue weighted by molar-refractivity contribution is 5.75. The maximum absolute atomic E-state index is 11.0. The van der Waals surface area contributed by atoms with E-state index in [0.29, 0.717) is 5.69 Å². The van der Waals surface area contributed by atoms with E-state index in [1.54, 1.807) is 30.9 Å². The number of ether oxygens (including phenoxy) is 1. The number of aliphatic carboxylic acids is 1. The number of nitro groups is 1. The molecule has 0 amide bonds. The lowest BCUT2D eigenvalue weighted by molar-refractivity contribution is -0.386. The van der Waals surface area contributed by atoms with Gasteiger partial charge in [-0.25, -0.2) is 0 Å². The van der Waals surface area contributed by atoms with Gasteiger partial charge in [-0.05, 0) is 32.8 Å². The van der Waals surface area contributed by atoms with Crippen molar-refractivity contribution >= 4 is 17.3 Å². The topological polar surface area (TPSA) is 92.9 Å². The summed E-state index contributed by atoms with van der Waals surface area (Å²) in [6.07, 6.45) is 1.67. The quantitative estimate of drug-likeness (QED) is 0.613. The molecule has 1 N–H and O–H groups in total. The predicted molar refractivity (Wildman–Crippen MR) is 76.9 cm³/mol. The third kappa shape index (κ3) is 3.84. The average molecular weight is 294 g/mol. The van der Waals surface area contributed by atoms with Crippen molar-refractivity contribution in [1.82, 2.24) is 0 Å². The predicted octanol–water partition coefficient (Wildman–Crippen LogP) is 2.44. The van der Waals surface area contributed by atoms with Crippen LogP contribution in [-0.4, -0.2) is 34.7 Å². The second-order valence-electron chi connectivity index (χ2n) is 5.33. The van der Waals surface area contributed by atoms with Gasteiger partial charge in [-0.1, -0.05) is 0 Å². The van der Waals surface area contributed by atoms with E-state index in [1.165, 1.54) is 6.07 Å². The molecule has 1 aliphatic carbocycles. The molecule has 1 aliphatic rings. The molecule has 0 aromatic heterocycles. The summed E-state index contributed by atoms with van der Waals surface area (Å²) in [6, 6.07) is 4.69. The fourth-order valence-corrected chi connectivity index (χ4v) is 2.14. The number of rotatable bonds is 7. The van der Waals surface area contributed by atoms with Crippen LogP contribution in [0.1, 0.15) is 26.7 Å². The number of carboxylic acids is 1. The van der Waals surface area contributed by atoms with Gasteiger partial charge in [-0.15, -0.1) is 0 Å². The van der Waals surface area contributed by atoms with Gasteiger partial charge in [-0.3, -0.25) is 14.9 Å². The van der Waals surface area contributed by atoms with Gasteiger partial charge in [0.15, 0.2) is 5.75 Å². The summed E-state index contributed by atoms with van der Waals surface area (Å²) >= 11 is 0. The van der Waals surface area contributed by atoms with Crippen LogP contribution in [-0.2, 0) is 4.79 Å². The van der Waals surface area contributed by atoms with Gasteiger partial charge in [-0.2, -0.15) is 0 Å². The van der Waals surface area contributed by atoms with Crippen molar-refractivity contribution in [2.75, 3.05) is 11.4 Å². The maximum Gasteiger partial charge on any atom is 0.323 e. The number of benzene rings is 1. The Hall–Kier alpha value is -2.31. The van der Waals surface area contributed by atoms with Crippen molar-refractivity contribution in [3.8, 4) is 5.75 Å². The molecule has 7 heteroatoms. The van der Waals surface area contributed by atoms with Gasteiger partial charge < -0.3 is 14.7 Å². The monoisotopic (exact) mass is 294 g/mol. The molecule has 1 fully saturated rings. The number of nitrogens with zero attached hydrogens (tertiary/aromatic N) is 2. The van der Waals surface area contributed by atoms with E-state index >= 15 is 0 Å². The highest BCUT2D eigenvalue weighted by Gasteiger charge is 2.31. The number of carboxylic acid groups (broad SMARTS) is 1. The van der Waals surface area contributed by atoms with E-state index in [1.807, 2.05) is 0 Å². The molecule has 1 aromatic rings. The Morgan fingerprint density at radius 3 is 2.67 bits per heavy atom. The molecule has 2 rings (SSSR count). The Labute approximate surface area is 122 Å². The van der Waals surface area contributed by atoms with Gasteiger partial charge in [0.2, 0.25) is 0 Å². The van der Waals surface area contributed by atoms with Crippen LogP contribution in [0.2, 0.25) is 0 Å². The fraction of sp³-hybridized carbons (Fsp3) is 0.500. The van der Waals surface area contributed by atoms with Crippen molar-refractivity contribution in [3.63, 3.8) is 0 Å². The molecule has 1 saturated carbocycles. The first-order valence-corrected chi connectivity index (χ1v) is 6.82. The van der Waals surface area contributed by atoms with E-state index in [9.17, 15) is 14.9 Å². The second kappa shape index (κ2) is 5.99. The molecule has 0 bridgehead atoms. The van der Waals surface area contributed by atoms with Crippen molar-refractivity contribution in [2.45, 2.75) is 38.8 Å². The molecular weight excluding hydrogens is 276 g/mol. The van der Waals surface area contributed by atoms with Gasteiger partial charge in [0, 0.05) is 23.9 Å². The van der Waals surface area contributed by atoms with Crippen LogP contribution >= 0.6 is 0 Å². The largest absolute Gasteiger partial charge is 0.484 e. The highest BCUT2D eigenvalue weighted by atomic mass is 16.6. The Balaban J connectivity index is 2.34. The molecule has 7 nitrogen and oxygen atoms in total. The normalized spacial score (nSPS) is 14.0. The summed E-state index contributed by atoms with van der Waals surface area (Å²) in [5, 5.41) is 20.0. The molecule has 0 heterocycles. The first kappa shape index (κ1) is 15.1. The van der Waals surface area contributed by atoms with Crippen LogP contribution in [0.3, 0.4) is 0 Å². The minimum Gasteiger partial charge on any atom is -0.484 e. The lowest BCUT2D eigenvalue weighted by Crippen LogP contribution is -2.31. The summed E-state index contributed by atoms with van der Waals surface area (Å²) in [7, 11) is 0. The van der Waals surface area contributed by atoms with Crippen LogP contribution in [0.5, 0.6) is 5.75 Å². The first-order chi connectivity index (χ1) is 9.88. The van der Waals surface area contributed by atoms with Crippen molar-refractivity contribution in [3.05, 3.63) is 28.3 Å². The molecule has 0 saturated heterocycles. The standard InChI is InChI=1S/C14H18N2O5/c1-9(2)21-13-7-11(5-6-12(13)16(19)20)15(8-14(17)18)10-3-4-10/h5-7,9-10H,3-4,8H2,1-2H3,(H,17,18). The summed E-state index contributed by atoms with van der Waals surface area (Å²) < 4.78 is 5.49. The van der Waals surface area contributed by atoms with Crippen LogP contribution in [0.4, 0.5) is 11.4 Å². The van der Waals surface area contributed by atoms with Gasteiger partial charge in [0.1, 0.15) is 6.54 Å². The number of anilines is 1. The summed E-state index contributed by atoms with van der Waals surface area (Å²) in [5.41, 5.74) is 0.527. The van der Waals surface area contributed by atoms with Crippen molar-refractivity contribution < 1.29 is 19.6 Å². The van der Waals surface area contributed by atoms with Gasteiger partial charge >= 0.3 is 11.7 Å². The molecule has 0 unspecified atom stereocenters. The zero-order valence-electron chi connectivity index (χ0n) is 12.0. The van der Waals surface area contributed by atoms with E-state index in [0.717, 1.165) is 12.8 Å². The molecule has 21 heavy (non-hydrogen) atoms. The molecule has 0 spiro atoms. The molecule has 1 aromatic carbocycles. The lowest BCUT2D eigenvalue weighted by atomic mass is 10.2. The Kier molecular flexibility index (Phi) is 4.30. The first-order valence-electron chi connectivity index (χ1n) is 6.82. The minimum atomic E-state index is -0.924. The van der Waals surface area contributed by atoms with Gasteiger partial charge in [0.05, 0.1) is 11.0 Å². The zero-order chi connectivity index (χ0) is 15.6. The second-order valence-corrected chi connectivity index (χ2v) is 5.33. The third-order valence-corrected chi connectivity index (χ3v) is 3.13. The van der Waals surface area contributed by atoms with E-state index in [-0.39, 0.29) is 30.1 Å². The Morgan fingerprint density at radius 1 is 1.52 bits per heavy atom. The van der Waals surface area contributed by atoms with E-state index in [4.69, 9.17) is 9.84 Å². The summed E-state index contributed by atoms with van der Waals surface area (Å²) in [5.74, 6) is -0.755. The number of nitro benzene ring substituents is 1. The summed E-state index contributed by atoms with van der Waals surface area (Å²) in [4.78, 5) is 23.2. The number of carbonyl (C=O) groups is 1. The molecule has 0 aliphatic heterocycles. The van der Waals surface area contributed by atoms with Crippen LogP contribution in [0, 0.1) is 10.1 Å². The number of hydrogen-bond acceptors (Lipinski definition) is 5. The molecule has 0 radical (unpaired) electrons. The molecule has 114 valence electrons. The Morgan fingerprint density at radius 2 is 2.19 bits per heavy atom. The van der Waals surface area contributed by atoms with Gasteiger partial charge in [0.25, 0.3) is 0 Å². The minimum absolute atomic E-state index is 0.112. The summed E-state index contributed by atoms with van der Waals surface area (Å²) in [6.45, 7) is 3.45. The third-order valence-electron chi connectivity index (χ3n) is 3.13. The SMILES string of the molecule is CC(C)Oc1cc(N(CC(=O)O)C2CC2)ccc1[N+](=O)[O-]. The van der Waals surface area contributed by atoms with E-state index < -0.39 is 10.9 Å². The highest BCUT2D eigenvalue weighted by Crippen LogP contribution is 2.37.